The molecular weight excluding hydrogens is 258 g/mol. The van der Waals surface area contributed by atoms with Crippen LogP contribution in [0.5, 0.6) is 0 Å². The fourth-order valence-corrected chi connectivity index (χ4v) is 3.25. The van der Waals surface area contributed by atoms with Gasteiger partial charge in [-0.25, -0.2) is 0 Å². The highest BCUT2D eigenvalue weighted by molar-refractivity contribution is 5.70. The Bertz CT molecular complexity index is 796. The summed E-state index contributed by atoms with van der Waals surface area (Å²) in [6, 6.07) is 5.97. The van der Waals surface area contributed by atoms with Crippen LogP contribution in [0.25, 0.3) is 23.4 Å². The van der Waals surface area contributed by atoms with Gasteiger partial charge in [-0.1, -0.05) is 31.4 Å². The van der Waals surface area contributed by atoms with Gasteiger partial charge in [0, 0.05) is 28.6 Å². The van der Waals surface area contributed by atoms with Crippen molar-refractivity contribution in [1.82, 2.24) is 4.98 Å². The third kappa shape index (κ3) is 2.17. The van der Waals surface area contributed by atoms with Gasteiger partial charge in [0.15, 0.2) is 5.43 Å². The second kappa shape index (κ2) is 5.21. The molecule has 3 rings (SSSR count). The van der Waals surface area contributed by atoms with E-state index >= 15 is 0 Å². The van der Waals surface area contributed by atoms with Crippen LogP contribution in [0.2, 0.25) is 0 Å². The molecular formula is C19H19NO. The largest absolute Gasteiger partial charge is 0.354 e. The van der Waals surface area contributed by atoms with Crippen molar-refractivity contribution in [1.29, 1.82) is 0 Å². The van der Waals surface area contributed by atoms with Crippen LogP contribution in [0.15, 0.2) is 36.2 Å². The van der Waals surface area contributed by atoms with Crippen molar-refractivity contribution in [3.63, 3.8) is 0 Å². The highest BCUT2D eigenvalue weighted by atomic mass is 16.1. The summed E-state index contributed by atoms with van der Waals surface area (Å²) in [6.45, 7) is 9.62. The number of nitrogens with one attached hydrogen (secondary N) is 1. The van der Waals surface area contributed by atoms with E-state index in [1.165, 1.54) is 29.5 Å². The first-order valence-electron chi connectivity index (χ1n) is 7.29. The van der Waals surface area contributed by atoms with Crippen molar-refractivity contribution < 1.29 is 0 Å². The molecule has 0 aliphatic heterocycles. The topological polar surface area (TPSA) is 32.9 Å². The molecule has 2 aromatic rings. The van der Waals surface area contributed by atoms with Crippen LogP contribution in [-0.4, -0.2) is 4.98 Å². The Morgan fingerprint density at radius 2 is 2.00 bits per heavy atom. The average Bonchev–Trinajstić information content (AvgIpc) is 2.96. The smallest absolute Gasteiger partial charge is 0.189 e. The number of rotatable bonds is 3. The molecule has 2 heteroatoms. The monoisotopic (exact) mass is 277 g/mol. The Morgan fingerprint density at radius 3 is 2.71 bits per heavy atom. The fraction of sp³-hybridized carbons (Fsp3) is 0.211. The molecule has 1 aliphatic rings. The summed E-state index contributed by atoms with van der Waals surface area (Å²) in [6.07, 6.45) is 6.78. The standard InChI is InChI=1S/C19H19NO/c1-4-14-17(5-2)20-18(11-19(14)21)16-10-9-13-7-6-8-15(13)12(16)3/h4-5,9-11H,1-2,6-8H2,3H3,(H,20,21). The summed E-state index contributed by atoms with van der Waals surface area (Å²) in [5, 5.41) is 0. The molecule has 2 nitrogen and oxygen atoms in total. The Morgan fingerprint density at radius 1 is 1.19 bits per heavy atom. The van der Waals surface area contributed by atoms with Crippen LogP contribution in [0, 0.1) is 6.92 Å². The van der Waals surface area contributed by atoms with Gasteiger partial charge in [0.25, 0.3) is 0 Å². The highest BCUT2D eigenvalue weighted by Crippen LogP contribution is 2.32. The van der Waals surface area contributed by atoms with Gasteiger partial charge < -0.3 is 4.98 Å². The number of hydrogen-bond acceptors (Lipinski definition) is 1. The van der Waals surface area contributed by atoms with Gasteiger partial charge in [-0.2, -0.15) is 0 Å². The molecule has 1 N–H and O–H groups in total. The Balaban J connectivity index is 2.22. The van der Waals surface area contributed by atoms with E-state index in [1.54, 1.807) is 18.2 Å². The van der Waals surface area contributed by atoms with Crippen LogP contribution in [0.4, 0.5) is 0 Å². The molecule has 0 spiro atoms. The molecule has 1 aliphatic carbocycles. The second-order valence-electron chi connectivity index (χ2n) is 5.51. The van der Waals surface area contributed by atoms with Crippen molar-refractivity contribution in [2.45, 2.75) is 26.2 Å². The van der Waals surface area contributed by atoms with Gasteiger partial charge >= 0.3 is 0 Å². The van der Waals surface area contributed by atoms with Gasteiger partial charge in [0.2, 0.25) is 0 Å². The summed E-state index contributed by atoms with van der Waals surface area (Å²) in [7, 11) is 0. The molecule has 1 aromatic heterocycles. The summed E-state index contributed by atoms with van der Waals surface area (Å²) >= 11 is 0. The zero-order valence-corrected chi connectivity index (χ0v) is 12.3. The van der Waals surface area contributed by atoms with Gasteiger partial charge in [-0.3, -0.25) is 4.79 Å². The molecule has 0 radical (unpaired) electrons. The maximum atomic E-state index is 12.2. The number of aromatic amines is 1. The van der Waals surface area contributed by atoms with E-state index in [-0.39, 0.29) is 5.43 Å². The number of pyridine rings is 1. The lowest BCUT2D eigenvalue weighted by molar-refractivity contribution is 0.909. The molecule has 106 valence electrons. The maximum Gasteiger partial charge on any atom is 0.189 e. The molecule has 0 saturated heterocycles. The van der Waals surface area contributed by atoms with Crippen molar-refractivity contribution in [2.24, 2.45) is 0 Å². The van der Waals surface area contributed by atoms with Crippen LogP contribution < -0.4 is 5.43 Å². The molecule has 1 aromatic carbocycles. The first-order chi connectivity index (χ1) is 10.2. The second-order valence-corrected chi connectivity index (χ2v) is 5.51. The summed E-state index contributed by atoms with van der Waals surface area (Å²) in [5.74, 6) is 0. The number of H-pyrrole nitrogens is 1. The molecule has 0 saturated carbocycles. The van der Waals surface area contributed by atoms with Crippen LogP contribution in [0.1, 0.15) is 34.4 Å². The minimum Gasteiger partial charge on any atom is -0.354 e. The molecule has 0 atom stereocenters. The first kappa shape index (κ1) is 13.6. The van der Waals surface area contributed by atoms with Gasteiger partial charge in [0.1, 0.15) is 0 Å². The molecule has 0 fully saturated rings. The zero-order valence-electron chi connectivity index (χ0n) is 12.3. The van der Waals surface area contributed by atoms with Crippen LogP contribution >= 0.6 is 0 Å². The van der Waals surface area contributed by atoms with Crippen molar-refractivity contribution in [3.05, 3.63) is 69.5 Å². The van der Waals surface area contributed by atoms with E-state index in [4.69, 9.17) is 0 Å². The summed E-state index contributed by atoms with van der Waals surface area (Å²) in [5.41, 5.74) is 7.42. The highest BCUT2D eigenvalue weighted by Gasteiger charge is 2.17. The van der Waals surface area contributed by atoms with Crippen molar-refractivity contribution in [3.8, 4) is 11.3 Å². The van der Waals surface area contributed by atoms with E-state index in [0.717, 1.165) is 23.4 Å². The number of aromatic nitrogens is 1. The van der Waals surface area contributed by atoms with Gasteiger partial charge in [-0.05, 0) is 49.0 Å². The predicted molar refractivity (Wildman–Crippen MR) is 89.4 cm³/mol. The van der Waals surface area contributed by atoms with Crippen molar-refractivity contribution >= 4 is 12.2 Å². The van der Waals surface area contributed by atoms with Gasteiger partial charge in [0.05, 0.1) is 0 Å². The van der Waals surface area contributed by atoms with E-state index in [9.17, 15) is 4.79 Å². The van der Waals surface area contributed by atoms with Crippen molar-refractivity contribution in [2.75, 3.05) is 0 Å². The van der Waals surface area contributed by atoms with E-state index < -0.39 is 0 Å². The Labute approximate surface area is 124 Å². The maximum absolute atomic E-state index is 12.2. The predicted octanol–water partition coefficient (Wildman–Crippen LogP) is 4.13. The van der Waals surface area contributed by atoms with E-state index in [2.05, 4.69) is 37.2 Å². The van der Waals surface area contributed by atoms with E-state index in [0.29, 0.717) is 5.56 Å². The zero-order chi connectivity index (χ0) is 15.0. The number of fused-ring (bicyclic) bond motifs is 1. The third-order valence-electron chi connectivity index (χ3n) is 4.37. The third-order valence-corrected chi connectivity index (χ3v) is 4.37. The summed E-state index contributed by atoms with van der Waals surface area (Å²) in [4.78, 5) is 15.5. The number of benzene rings is 1. The number of aryl methyl sites for hydroxylation is 1. The quantitative estimate of drug-likeness (QED) is 0.899. The van der Waals surface area contributed by atoms with Gasteiger partial charge in [-0.15, -0.1) is 0 Å². The minimum atomic E-state index is -0.0199. The lowest BCUT2D eigenvalue weighted by atomic mass is 9.96. The molecule has 0 unspecified atom stereocenters. The Hall–Kier alpha value is -2.35. The first-order valence-corrected chi connectivity index (χ1v) is 7.29. The average molecular weight is 277 g/mol. The fourth-order valence-electron chi connectivity index (χ4n) is 3.25. The SMILES string of the molecule is C=Cc1[nH]c(-c2ccc3c(c2C)CCC3)cc(=O)c1C=C. The molecule has 1 heterocycles. The van der Waals surface area contributed by atoms with E-state index in [1.807, 2.05) is 0 Å². The summed E-state index contributed by atoms with van der Waals surface area (Å²) < 4.78 is 0. The normalized spacial score (nSPS) is 13.0. The molecule has 0 amide bonds. The number of hydrogen-bond donors (Lipinski definition) is 1. The van der Waals surface area contributed by atoms with Crippen LogP contribution in [0.3, 0.4) is 0 Å². The molecule has 0 bridgehead atoms. The molecule has 21 heavy (non-hydrogen) atoms. The lowest BCUT2D eigenvalue weighted by Crippen LogP contribution is -2.09. The Kier molecular flexibility index (Phi) is 3.38. The lowest BCUT2D eigenvalue weighted by Gasteiger charge is -2.13. The minimum absolute atomic E-state index is 0.0199. The van der Waals surface area contributed by atoms with Crippen LogP contribution in [-0.2, 0) is 12.8 Å².